The Hall–Kier alpha value is -1.36. The molecule has 5 heteroatoms. The lowest BCUT2D eigenvalue weighted by molar-refractivity contribution is 0.234. The molecule has 0 amide bonds. The number of nitrogens with two attached hydrogens (primary N) is 1. The first-order valence-electron chi connectivity index (χ1n) is 6.88. The number of hydrazine groups is 1. The summed E-state index contributed by atoms with van der Waals surface area (Å²) in [5.74, 6) is 8.18. The van der Waals surface area contributed by atoms with E-state index < -0.39 is 0 Å². The van der Waals surface area contributed by atoms with Gasteiger partial charge in [-0.05, 0) is 31.6 Å². The summed E-state index contributed by atoms with van der Waals surface area (Å²) in [6.45, 7) is 9.19. The van der Waals surface area contributed by atoms with Gasteiger partial charge in [-0.1, -0.05) is 20.8 Å². The van der Waals surface area contributed by atoms with Gasteiger partial charge in [-0.15, -0.1) is 0 Å². The number of nitrogens with zero attached hydrogens (tertiary/aromatic N) is 2. The van der Waals surface area contributed by atoms with Crippen LogP contribution in [0.3, 0.4) is 0 Å². The number of rotatable bonds is 5. The Morgan fingerprint density at radius 3 is 2.53 bits per heavy atom. The fourth-order valence-corrected chi connectivity index (χ4v) is 1.77. The molecule has 106 valence electrons. The number of ether oxygens (including phenoxy) is 1. The molecule has 0 bridgehead atoms. The van der Waals surface area contributed by atoms with Gasteiger partial charge in [0.1, 0.15) is 11.6 Å². The molecule has 1 aromatic heterocycles. The van der Waals surface area contributed by atoms with Gasteiger partial charge in [-0.2, -0.15) is 4.98 Å². The van der Waals surface area contributed by atoms with Crippen molar-refractivity contribution in [3.8, 4) is 5.88 Å². The van der Waals surface area contributed by atoms with Crippen LogP contribution in [0, 0.1) is 12.3 Å². The molecule has 0 unspecified atom stereocenters. The van der Waals surface area contributed by atoms with Gasteiger partial charge < -0.3 is 10.2 Å². The molecule has 5 nitrogen and oxygen atoms in total. The Morgan fingerprint density at radius 2 is 2.00 bits per heavy atom. The molecule has 3 N–H and O–H groups in total. The largest absolute Gasteiger partial charge is 0.477 e. The predicted molar refractivity (Wildman–Crippen MR) is 76.1 cm³/mol. The van der Waals surface area contributed by atoms with Gasteiger partial charge >= 0.3 is 0 Å². The van der Waals surface area contributed by atoms with Crippen molar-refractivity contribution in [1.29, 1.82) is 0 Å². The SMILES string of the molecule is Cc1c(NN)nc(C2CC2)nc1OCCC(C)(C)C. The molecule has 0 radical (unpaired) electrons. The van der Waals surface area contributed by atoms with E-state index in [0.29, 0.717) is 24.2 Å². The normalized spacial score (nSPS) is 15.4. The number of nitrogens with one attached hydrogen (secondary N) is 1. The molecule has 1 aromatic rings. The lowest BCUT2D eigenvalue weighted by Gasteiger charge is -2.19. The Morgan fingerprint density at radius 1 is 1.32 bits per heavy atom. The average Bonchev–Trinajstić information content (AvgIpc) is 3.13. The number of anilines is 1. The van der Waals surface area contributed by atoms with Crippen molar-refractivity contribution in [3.05, 3.63) is 11.4 Å². The maximum Gasteiger partial charge on any atom is 0.221 e. The molecule has 2 rings (SSSR count). The van der Waals surface area contributed by atoms with Crippen molar-refractivity contribution >= 4 is 5.82 Å². The van der Waals surface area contributed by atoms with E-state index in [4.69, 9.17) is 10.6 Å². The molecule has 1 aliphatic rings. The van der Waals surface area contributed by atoms with E-state index >= 15 is 0 Å². The van der Waals surface area contributed by atoms with Crippen LogP contribution in [0.2, 0.25) is 0 Å². The fourth-order valence-electron chi connectivity index (χ4n) is 1.77. The lowest BCUT2D eigenvalue weighted by Crippen LogP contribution is -2.15. The standard InChI is InChI=1S/C14H24N4O/c1-9-11(18-15)16-12(10-5-6-10)17-13(9)19-8-7-14(2,3)4/h10H,5-8,15H2,1-4H3,(H,16,17,18). The summed E-state index contributed by atoms with van der Waals surface area (Å²) in [5.41, 5.74) is 3.77. The van der Waals surface area contributed by atoms with Crippen LogP contribution < -0.4 is 16.0 Å². The third-order valence-corrected chi connectivity index (χ3v) is 3.29. The third-order valence-electron chi connectivity index (χ3n) is 3.29. The van der Waals surface area contributed by atoms with Gasteiger partial charge in [0.25, 0.3) is 0 Å². The summed E-state index contributed by atoms with van der Waals surface area (Å²) in [6, 6.07) is 0. The molecule has 0 saturated heterocycles. The maximum absolute atomic E-state index is 5.83. The van der Waals surface area contributed by atoms with E-state index in [2.05, 4.69) is 36.2 Å². The zero-order chi connectivity index (χ0) is 14.0. The maximum atomic E-state index is 5.83. The minimum absolute atomic E-state index is 0.259. The molecule has 1 aliphatic carbocycles. The molecule has 0 atom stereocenters. The molecule has 0 spiro atoms. The second kappa shape index (κ2) is 5.33. The fraction of sp³-hybridized carbons (Fsp3) is 0.714. The predicted octanol–water partition coefficient (Wildman–Crippen LogP) is 2.76. The molecular weight excluding hydrogens is 240 g/mol. The summed E-state index contributed by atoms with van der Waals surface area (Å²) < 4.78 is 5.83. The second-order valence-electron chi connectivity index (χ2n) is 6.44. The summed E-state index contributed by atoms with van der Waals surface area (Å²) >= 11 is 0. The highest BCUT2D eigenvalue weighted by molar-refractivity contribution is 5.48. The van der Waals surface area contributed by atoms with Crippen molar-refractivity contribution in [2.75, 3.05) is 12.0 Å². The van der Waals surface area contributed by atoms with Gasteiger partial charge in [0, 0.05) is 5.92 Å². The number of hydrogen-bond donors (Lipinski definition) is 2. The van der Waals surface area contributed by atoms with Crippen LogP contribution in [0.5, 0.6) is 5.88 Å². The van der Waals surface area contributed by atoms with Crippen molar-refractivity contribution < 1.29 is 4.74 Å². The first-order valence-corrected chi connectivity index (χ1v) is 6.88. The summed E-state index contributed by atoms with van der Waals surface area (Å²) in [6.07, 6.45) is 3.31. The summed E-state index contributed by atoms with van der Waals surface area (Å²) in [5, 5.41) is 0. The Kier molecular flexibility index (Phi) is 3.94. The number of nitrogen functional groups attached to an aromatic ring is 1. The minimum atomic E-state index is 0.259. The smallest absolute Gasteiger partial charge is 0.221 e. The number of hydrogen-bond acceptors (Lipinski definition) is 5. The van der Waals surface area contributed by atoms with E-state index in [9.17, 15) is 0 Å². The van der Waals surface area contributed by atoms with Crippen molar-refractivity contribution in [1.82, 2.24) is 9.97 Å². The highest BCUT2D eigenvalue weighted by Crippen LogP contribution is 2.39. The topological polar surface area (TPSA) is 73.1 Å². The van der Waals surface area contributed by atoms with E-state index in [1.807, 2.05) is 6.92 Å². The van der Waals surface area contributed by atoms with Gasteiger partial charge in [0.05, 0.1) is 12.2 Å². The van der Waals surface area contributed by atoms with Gasteiger partial charge in [0.2, 0.25) is 5.88 Å². The molecule has 19 heavy (non-hydrogen) atoms. The first kappa shape index (κ1) is 14.1. The van der Waals surface area contributed by atoms with E-state index in [0.717, 1.165) is 30.7 Å². The zero-order valence-electron chi connectivity index (χ0n) is 12.3. The molecule has 1 heterocycles. The van der Waals surface area contributed by atoms with Crippen molar-refractivity contribution in [3.63, 3.8) is 0 Å². The first-order chi connectivity index (χ1) is 8.90. The van der Waals surface area contributed by atoms with Crippen LogP contribution >= 0.6 is 0 Å². The van der Waals surface area contributed by atoms with Gasteiger partial charge in [-0.25, -0.2) is 10.8 Å². The van der Waals surface area contributed by atoms with E-state index in [-0.39, 0.29) is 5.41 Å². The van der Waals surface area contributed by atoms with Gasteiger partial charge in [0.15, 0.2) is 0 Å². The Balaban J connectivity index is 2.11. The highest BCUT2D eigenvalue weighted by atomic mass is 16.5. The average molecular weight is 264 g/mol. The lowest BCUT2D eigenvalue weighted by atomic mass is 9.93. The minimum Gasteiger partial charge on any atom is -0.477 e. The van der Waals surface area contributed by atoms with Crippen molar-refractivity contribution in [2.24, 2.45) is 11.3 Å². The molecule has 0 aliphatic heterocycles. The highest BCUT2D eigenvalue weighted by Gasteiger charge is 2.28. The monoisotopic (exact) mass is 264 g/mol. The molecular formula is C14H24N4O. The van der Waals surface area contributed by atoms with Crippen LogP contribution in [0.25, 0.3) is 0 Å². The van der Waals surface area contributed by atoms with Crippen LogP contribution in [0.4, 0.5) is 5.82 Å². The number of aromatic nitrogens is 2. The molecule has 0 aromatic carbocycles. The van der Waals surface area contributed by atoms with Crippen LogP contribution in [0.1, 0.15) is 57.3 Å². The zero-order valence-corrected chi connectivity index (χ0v) is 12.3. The van der Waals surface area contributed by atoms with Crippen molar-refractivity contribution in [2.45, 2.75) is 52.9 Å². The Bertz CT molecular complexity index is 449. The third kappa shape index (κ3) is 3.80. The second-order valence-corrected chi connectivity index (χ2v) is 6.44. The van der Waals surface area contributed by atoms with Crippen LogP contribution in [-0.2, 0) is 0 Å². The van der Waals surface area contributed by atoms with Crippen LogP contribution in [-0.4, -0.2) is 16.6 Å². The quantitative estimate of drug-likeness (QED) is 0.632. The molecule has 1 saturated carbocycles. The molecule has 1 fully saturated rings. The van der Waals surface area contributed by atoms with Crippen LogP contribution in [0.15, 0.2) is 0 Å². The summed E-state index contributed by atoms with van der Waals surface area (Å²) in [4.78, 5) is 8.98. The van der Waals surface area contributed by atoms with Gasteiger partial charge in [-0.3, -0.25) is 0 Å². The Labute approximate surface area is 114 Å². The van der Waals surface area contributed by atoms with E-state index in [1.54, 1.807) is 0 Å². The van der Waals surface area contributed by atoms with E-state index in [1.165, 1.54) is 0 Å². The summed E-state index contributed by atoms with van der Waals surface area (Å²) in [7, 11) is 0.